The number of halogens is 1. The van der Waals surface area contributed by atoms with Crippen molar-refractivity contribution in [2.45, 2.75) is 18.9 Å². The summed E-state index contributed by atoms with van der Waals surface area (Å²) in [6.45, 7) is 1.62. The third-order valence-electron chi connectivity index (χ3n) is 5.04. The molecule has 1 aliphatic heterocycles. The summed E-state index contributed by atoms with van der Waals surface area (Å²) in [5.74, 6) is -0.834. The zero-order chi connectivity index (χ0) is 22.2. The Morgan fingerprint density at radius 1 is 1.29 bits per heavy atom. The number of carbonyl (C=O) groups excluding carboxylic acids is 2. The molecule has 0 spiro atoms. The Kier molecular flexibility index (Phi) is 4.97. The maximum atomic E-state index is 14.6. The molecule has 3 aromatic rings. The van der Waals surface area contributed by atoms with Crippen LogP contribution in [0.5, 0.6) is 0 Å². The van der Waals surface area contributed by atoms with Gasteiger partial charge in [-0.05, 0) is 37.3 Å². The lowest BCUT2D eigenvalue weighted by atomic mass is 9.87. The number of hydrogen-bond donors (Lipinski definition) is 2. The number of nitrogens with zero attached hydrogens (tertiary/aromatic N) is 4. The molecule has 0 aliphatic carbocycles. The van der Waals surface area contributed by atoms with Crippen LogP contribution in [0.1, 0.15) is 29.4 Å². The smallest absolute Gasteiger partial charge is 0.275 e. The predicted octanol–water partition coefficient (Wildman–Crippen LogP) is 2.52. The van der Waals surface area contributed by atoms with Crippen molar-refractivity contribution in [1.29, 1.82) is 0 Å². The van der Waals surface area contributed by atoms with Crippen LogP contribution in [0.3, 0.4) is 0 Å². The maximum absolute atomic E-state index is 14.6. The Hall–Kier alpha value is -4.08. The van der Waals surface area contributed by atoms with Crippen LogP contribution in [0.15, 0.2) is 58.4 Å². The standard InChI is InChI=1S/C21H19FN6O3/c1-21(9-18(29)28(2)20(23)27-21)13-8-12(5-6-14(13)22)26-19(30)16-11-24-15(10-25-16)17-4-3-7-31-17/h3-8,10-11H,9H2,1-2H3,(H2,23,27)(H,26,30). The second-order valence-electron chi connectivity index (χ2n) is 7.29. The number of aliphatic imine (C=N–C) groups is 1. The quantitative estimate of drug-likeness (QED) is 0.665. The molecular weight excluding hydrogens is 403 g/mol. The molecule has 158 valence electrons. The summed E-state index contributed by atoms with van der Waals surface area (Å²) in [5, 5.41) is 2.66. The van der Waals surface area contributed by atoms with E-state index in [4.69, 9.17) is 10.2 Å². The summed E-state index contributed by atoms with van der Waals surface area (Å²) in [6, 6.07) is 7.51. The molecule has 2 aromatic heterocycles. The topological polar surface area (TPSA) is 127 Å². The van der Waals surface area contributed by atoms with Crippen molar-refractivity contribution < 1.29 is 18.4 Å². The Bertz CT molecular complexity index is 1180. The molecule has 2 amide bonds. The highest BCUT2D eigenvalue weighted by Crippen LogP contribution is 2.35. The van der Waals surface area contributed by atoms with Crippen LogP contribution >= 0.6 is 0 Å². The van der Waals surface area contributed by atoms with Gasteiger partial charge in [0.15, 0.2) is 11.7 Å². The summed E-state index contributed by atoms with van der Waals surface area (Å²) in [5.41, 5.74) is 5.65. The largest absolute Gasteiger partial charge is 0.463 e. The molecule has 31 heavy (non-hydrogen) atoms. The lowest BCUT2D eigenvalue weighted by Crippen LogP contribution is -2.47. The SMILES string of the molecule is CN1C(=O)CC(C)(c2cc(NC(=O)c3cnc(-c4ccco4)cn3)ccc2F)N=C1N. The fourth-order valence-corrected chi connectivity index (χ4v) is 3.27. The van der Waals surface area contributed by atoms with Crippen molar-refractivity contribution in [3.8, 4) is 11.5 Å². The van der Waals surface area contributed by atoms with Crippen LogP contribution in [0.4, 0.5) is 10.1 Å². The van der Waals surface area contributed by atoms with E-state index in [1.54, 1.807) is 19.1 Å². The number of anilines is 1. The van der Waals surface area contributed by atoms with Gasteiger partial charge in [-0.3, -0.25) is 14.5 Å². The lowest BCUT2D eigenvalue weighted by Gasteiger charge is -2.34. The number of rotatable bonds is 4. The van der Waals surface area contributed by atoms with Crippen LogP contribution in [0.2, 0.25) is 0 Å². The van der Waals surface area contributed by atoms with Crippen molar-refractivity contribution >= 4 is 23.5 Å². The first-order valence-electron chi connectivity index (χ1n) is 9.36. The van der Waals surface area contributed by atoms with Crippen molar-refractivity contribution in [2.24, 2.45) is 10.7 Å². The first kappa shape index (κ1) is 20.2. The van der Waals surface area contributed by atoms with Gasteiger partial charge in [-0.15, -0.1) is 0 Å². The Morgan fingerprint density at radius 3 is 2.74 bits per heavy atom. The third kappa shape index (κ3) is 3.87. The summed E-state index contributed by atoms with van der Waals surface area (Å²) in [4.78, 5) is 38.6. The molecule has 3 heterocycles. The van der Waals surface area contributed by atoms with Gasteiger partial charge >= 0.3 is 0 Å². The number of nitrogens with two attached hydrogens (primary N) is 1. The molecule has 1 aliphatic rings. The van der Waals surface area contributed by atoms with Crippen molar-refractivity contribution in [2.75, 3.05) is 12.4 Å². The van der Waals surface area contributed by atoms with Crippen LogP contribution in [-0.2, 0) is 10.3 Å². The van der Waals surface area contributed by atoms with Gasteiger partial charge in [0, 0.05) is 18.3 Å². The number of benzene rings is 1. The molecule has 1 atom stereocenters. The predicted molar refractivity (Wildman–Crippen MR) is 110 cm³/mol. The Labute approximate surface area is 176 Å². The molecule has 0 radical (unpaired) electrons. The van der Waals surface area contributed by atoms with E-state index < -0.39 is 17.3 Å². The molecular formula is C21H19FN6O3. The first-order valence-corrected chi connectivity index (χ1v) is 9.36. The lowest BCUT2D eigenvalue weighted by molar-refractivity contribution is -0.128. The number of furan rings is 1. The Balaban J connectivity index is 1.57. The molecule has 0 fully saturated rings. The third-order valence-corrected chi connectivity index (χ3v) is 5.04. The zero-order valence-corrected chi connectivity index (χ0v) is 16.8. The van der Waals surface area contributed by atoms with Gasteiger partial charge < -0.3 is 15.5 Å². The maximum Gasteiger partial charge on any atom is 0.275 e. The molecule has 0 saturated heterocycles. The molecule has 9 nitrogen and oxygen atoms in total. The summed E-state index contributed by atoms with van der Waals surface area (Å²) in [7, 11) is 1.51. The highest BCUT2D eigenvalue weighted by Gasteiger charge is 2.38. The van der Waals surface area contributed by atoms with E-state index in [0.29, 0.717) is 17.1 Å². The highest BCUT2D eigenvalue weighted by atomic mass is 19.1. The molecule has 4 rings (SSSR count). The highest BCUT2D eigenvalue weighted by molar-refractivity contribution is 6.03. The van der Waals surface area contributed by atoms with Gasteiger partial charge in [-0.1, -0.05) is 0 Å². The van der Waals surface area contributed by atoms with E-state index in [1.807, 2.05) is 0 Å². The van der Waals surface area contributed by atoms with E-state index in [-0.39, 0.29) is 29.5 Å². The van der Waals surface area contributed by atoms with Crippen molar-refractivity contribution in [1.82, 2.24) is 14.9 Å². The molecule has 1 unspecified atom stereocenters. The van der Waals surface area contributed by atoms with Crippen LogP contribution in [-0.4, -0.2) is 39.7 Å². The number of amides is 2. The van der Waals surface area contributed by atoms with Gasteiger partial charge in [-0.2, -0.15) is 0 Å². The summed E-state index contributed by atoms with van der Waals surface area (Å²) in [6.07, 6.45) is 4.20. The molecule has 1 aromatic carbocycles. The van der Waals surface area contributed by atoms with Crippen LogP contribution < -0.4 is 11.1 Å². The van der Waals surface area contributed by atoms with E-state index in [9.17, 15) is 14.0 Å². The van der Waals surface area contributed by atoms with E-state index in [1.165, 1.54) is 48.8 Å². The Morgan fingerprint density at radius 2 is 2.10 bits per heavy atom. The van der Waals surface area contributed by atoms with Crippen LogP contribution in [0.25, 0.3) is 11.5 Å². The first-order chi connectivity index (χ1) is 14.8. The van der Waals surface area contributed by atoms with E-state index >= 15 is 0 Å². The molecule has 0 bridgehead atoms. The average Bonchev–Trinajstić information content (AvgIpc) is 3.28. The minimum atomic E-state index is -1.19. The number of carbonyl (C=O) groups is 2. The fraction of sp³-hybridized carbons (Fsp3) is 0.190. The van der Waals surface area contributed by atoms with Crippen molar-refractivity contribution in [3.63, 3.8) is 0 Å². The number of guanidine groups is 1. The second-order valence-corrected chi connectivity index (χ2v) is 7.29. The summed E-state index contributed by atoms with van der Waals surface area (Å²) < 4.78 is 19.9. The fourth-order valence-electron chi connectivity index (χ4n) is 3.27. The van der Waals surface area contributed by atoms with E-state index in [2.05, 4.69) is 20.3 Å². The van der Waals surface area contributed by atoms with E-state index in [0.717, 1.165) is 0 Å². The minimum Gasteiger partial charge on any atom is -0.463 e. The minimum absolute atomic E-state index is 0.000454. The zero-order valence-electron chi connectivity index (χ0n) is 16.8. The number of hydrogen-bond acceptors (Lipinski definition) is 7. The number of aromatic nitrogens is 2. The molecule has 3 N–H and O–H groups in total. The normalized spacial score (nSPS) is 18.6. The van der Waals surface area contributed by atoms with Gasteiger partial charge in [0.05, 0.1) is 30.6 Å². The van der Waals surface area contributed by atoms with Crippen LogP contribution in [0, 0.1) is 5.82 Å². The summed E-state index contributed by atoms with van der Waals surface area (Å²) >= 11 is 0. The molecule has 10 heteroatoms. The van der Waals surface area contributed by atoms with Crippen molar-refractivity contribution in [3.05, 3.63) is 66.1 Å². The average molecular weight is 422 g/mol. The monoisotopic (exact) mass is 422 g/mol. The molecule has 0 saturated carbocycles. The van der Waals surface area contributed by atoms with Gasteiger partial charge in [0.25, 0.3) is 5.91 Å². The van der Waals surface area contributed by atoms with Gasteiger partial charge in [0.2, 0.25) is 5.91 Å². The second kappa shape index (κ2) is 7.63. The van der Waals surface area contributed by atoms with Gasteiger partial charge in [-0.25, -0.2) is 19.4 Å². The van der Waals surface area contributed by atoms with Gasteiger partial charge in [0.1, 0.15) is 17.2 Å². The number of nitrogens with one attached hydrogen (secondary N) is 1.